The highest BCUT2D eigenvalue weighted by molar-refractivity contribution is 7.18. The zero-order valence-corrected chi connectivity index (χ0v) is 14.3. The van der Waals surface area contributed by atoms with Crippen molar-refractivity contribution in [3.63, 3.8) is 0 Å². The summed E-state index contributed by atoms with van der Waals surface area (Å²) in [5, 5.41) is 4.69. The Hall–Kier alpha value is -2.57. The van der Waals surface area contributed by atoms with Crippen molar-refractivity contribution in [2.24, 2.45) is 5.10 Å². The Morgan fingerprint density at radius 2 is 2.04 bits per heavy atom. The van der Waals surface area contributed by atoms with Gasteiger partial charge >= 0.3 is 0 Å². The second-order valence-electron chi connectivity index (χ2n) is 5.02. The largest absolute Gasteiger partial charge is 0.463 e. The molecule has 7 heteroatoms. The third-order valence-electron chi connectivity index (χ3n) is 3.30. The fourth-order valence-electron chi connectivity index (χ4n) is 2.06. The number of carbonyl (C=O) groups excluding carboxylic acids is 1. The van der Waals surface area contributed by atoms with Crippen molar-refractivity contribution in [3.05, 3.63) is 64.4 Å². The van der Waals surface area contributed by atoms with Gasteiger partial charge < -0.3 is 10.2 Å². The first-order valence-corrected chi connectivity index (χ1v) is 8.28. The van der Waals surface area contributed by atoms with Gasteiger partial charge in [-0.1, -0.05) is 23.7 Å². The van der Waals surface area contributed by atoms with Gasteiger partial charge in [0.05, 0.1) is 12.0 Å². The van der Waals surface area contributed by atoms with Crippen LogP contribution in [0.25, 0.3) is 10.4 Å². The molecule has 0 spiro atoms. The van der Waals surface area contributed by atoms with Crippen LogP contribution < -0.4 is 11.2 Å². The summed E-state index contributed by atoms with van der Waals surface area (Å²) in [6.07, 6.45) is 1.55. The molecule has 0 fully saturated rings. The Bertz CT molecular complexity index is 883. The van der Waals surface area contributed by atoms with E-state index in [2.05, 4.69) is 10.5 Å². The van der Waals surface area contributed by atoms with E-state index in [4.69, 9.17) is 21.8 Å². The van der Waals surface area contributed by atoms with Gasteiger partial charge in [-0.05, 0) is 42.8 Å². The van der Waals surface area contributed by atoms with Crippen LogP contribution in [0.2, 0.25) is 5.02 Å². The molecule has 0 atom stereocenters. The lowest BCUT2D eigenvalue weighted by molar-refractivity contribution is 0.0959. The molecule has 0 aliphatic carbocycles. The van der Waals surface area contributed by atoms with Crippen molar-refractivity contribution in [2.45, 2.75) is 6.92 Å². The molecule has 0 aliphatic heterocycles. The van der Waals surface area contributed by atoms with Gasteiger partial charge in [-0.25, -0.2) is 5.43 Å². The SMILES string of the molecule is CC(=NNC(=O)c1sc(-c2ccc(Cl)cc2)cc1N)c1ccco1. The number of nitrogens with one attached hydrogen (secondary N) is 1. The van der Waals surface area contributed by atoms with Crippen LogP contribution >= 0.6 is 22.9 Å². The molecule has 1 amide bonds. The van der Waals surface area contributed by atoms with Crippen LogP contribution in [0.1, 0.15) is 22.4 Å². The summed E-state index contributed by atoms with van der Waals surface area (Å²) in [6, 6.07) is 12.6. The van der Waals surface area contributed by atoms with Crippen LogP contribution in [0.4, 0.5) is 5.69 Å². The third-order valence-corrected chi connectivity index (χ3v) is 4.75. The van der Waals surface area contributed by atoms with Gasteiger partial charge in [0.1, 0.15) is 16.3 Å². The van der Waals surface area contributed by atoms with Gasteiger partial charge in [0.2, 0.25) is 0 Å². The number of hydrogen-bond donors (Lipinski definition) is 2. The topological polar surface area (TPSA) is 80.6 Å². The second-order valence-corrected chi connectivity index (χ2v) is 6.51. The molecule has 0 unspecified atom stereocenters. The first-order chi connectivity index (χ1) is 11.5. The zero-order chi connectivity index (χ0) is 17.1. The lowest BCUT2D eigenvalue weighted by atomic mass is 10.2. The number of amides is 1. The summed E-state index contributed by atoms with van der Waals surface area (Å²) >= 11 is 7.19. The minimum absolute atomic E-state index is 0.358. The molecule has 0 aliphatic rings. The number of nitrogens with two attached hydrogens (primary N) is 1. The van der Waals surface area contributed by atoms with Crippen molar-refractivity contribution >= 4 is 40.2 Å². The van der Waals surface area contributed by atoms with Crippen molar-refractivity contribution < 1.29 is 9.21 Å². The second kappa shape index (κ2) is 6.90. The van der Waals surface area contributed by atoms with E-state index in [9.17, 15) is 4.79 Å². The number of thiophene rings is 1. The molecule has 5 nitrogen and oxygen atoms in total. The molecule has 0 saturated heterocycles. The lowest BCUT2D eigenvalue weighted by Gasteiger charge is -2.00. The van der Waals surface area contributed by atoms with Gasteiger partial charge in [0.15, 0.2) is 0 Å². The van der Waals surface area contributed by atoms with Gasteiger partial charge in [0, 0.05) is 9.90 Å². The highest BCUT2D eigenvalue weighted by Crippen LogP contribution is 2.33. The number of anilines is 1. The Labute approximate surface area is 147 Å². The molecular formula is C17H14ClN3O2S. The van der Waals surface area contributed by atoms with Gasteiger partial charge in [0.25, 0.3) is 5.91 Å². The maximum atomic E-state index is 12.3. The molecule has 24 heavy (non-hydrogen) atoms. The summed E-state index contributed by atoms with van der Waals surface area (Å²) in [7, 11) is 0. The van der Waals surface area contributed by atoms with E-state index >= 15 is 0 Å². The van der Waals surface area contributed by atoms with Crippen LogP contribution in [-0.2, 0) is 0 Å². The first-order valence-electron chi connectivity index (χ1n) is 7.08. The summed E-state index contributed by atoms with van der Waals surface area (Å²) in [4.78, 5) is 13.6. The van der Waals surface area contributed by atoms with Gasteiger partial charge in [-0.15, -0.1) is 11.3 Å². The molecule has 1 aromatic carbocycles. The predicted molar refractivity (Wildman–Crippen MR) is 97.6 cm³/mol. The maximum Gasteiger partial charge on any atom is 0.283 e. The average molecular weight is 360 g/mol. The molecule has 0 saturated carbocycles. The maximum absolute atomic E-state index is 12.3. The van der Waals surface area contributed by atoms with Crippen LogP contribution in [0.5, 0.6) is 0 Å². The Kier molecular flexibility index (Phi) is 4.69. The molecule has 0 bridgehead atoms. The molecule has 0 radical (unpaired) electrons. The van der Waals surface area contributed by atoms with E-state index in [1.807, 2.05) is 12.1 Å². The third kappa shape index (κ3) is 3.50. The highest BCUT2D eigenvalue weighted by Gasteiger charge is 2.15. The summed E-state index contributed by atoms with van der Waals surface area (Å²) in [5.41, 5.74) is 10.4. The smallest absolute Gasteiger partial charge is 0.283 e. The number of halogens is 1. The monoisotopic (exact) mass is 359 g/mol. The van der Waals surface area contributed by atoms with Crippen LogP contribution in [0.3, 0.4) is 0 Å². The first kappa shape index (κ1) is 16.3. The Balaban J connectivity index is 1.78. The van der Waals surface area contributed by atoms with Crippen molar-refractivity contribution in [1.82, 2.24) is 5.43 Å². The van der Waals surface area contributed by atoms with Crippen LogP contribution in [0, 0.1) is 0 Å². The normalized spacial score (nSPS) is 11.5. The van der Waals surface area contributed by atoms with E-state index in [0.717, 1.165) is 10.4 Å². The summed E-state index contributed by atoms with van der Waals surface area (Å²) in [6.45, 7) is 1.75. The minimum Gasteiger partial charge on any atom is -0.463 e. The van der Waals surface area contributed by atoms with E-state index in [1.165, 1.54) is 11.3 Å². The van der Waals surface area contributed by atoms with E-state index < -0.39 is 0 Å². The van der Waals surface area contributed by atoms with E-state index in [-0.39, 0.29) is 5.91 Å². The minimum atomic E-state index is -0.358. The van der Waals surface area contributed by atoms with Crippen LogP contribution in [-0.4, -0.2) is 11.6 Å². The molecule has 3 rings (SSSR count). The van der Waals surface area contributed by atoms with Crippen molar-refractivity contribution in [3.8, 4) is 10.4 Å². The molecule has 2 aromatic heterocycles. The Morgan fingerprint density at radius 1 is 1.29 bits per heavy atom. The predicted octanol–water partition coefficient (Wildman–Crippen LogP) is 4.40. The molecular weight excluding hydrogens is 346 g/mol. The number of carbonyl (C=O) groups is 1. The molecule has 3 N–H and O–H groups in total. The zero-order valence-electron chi connectivity index (χ0n) is 12.7. The van der Waals surface area contributed by atoms with Gasteiger partial charge in [-0.2, -0.15) is 5.10 Å². The standard InChI is InChI=1S/C17H14ClN3O2S/c1-10(14-3-2-8-23-14)20-21-17(22)16-13(19)9-15(24-16)11-4-6-12(18)7-5-11/h2-9H,19H2,1H3,(H,21,22). The fraction of sp³-hybridized carbons (Fsp3) is 0.0588. The number of benzene rings is 1. The number of rotatable bonds is 4. The fourth-order valence-corrected chi connectivity index (χ4v) is 3.16. The summed E-state index contributed by atoms with van der Waals surface area (Å²) < 4.78 is 5.21. The quantitative estimate of drug-likeness (QED) is 0.535. The number of hydrazone groups is 1. The lowest BCUT2D eigenvalue weighted by Crippen LogP contribution is -2.19. The van der Waals surface area contributed by atoms with Gasteiger partial charge in [-0.3, -0.25) is 4.79 Å². The summed E-state index contributed by atoms with van der Waals surface area (Å²) in [5.74, 6) is 0.236. The Morgan fingerprint density at radius 3 is 2.71 bits per heavy atom. The number of nitrogen functional groups attached to an aromatic ring is 1. The van der Waals surface area contributed by atoms with E-state index in [1.54, 1.807) is 43.5 Å². The highest BCUT2D eigenvalue weighted by atomic mass is 35.5. The van der Waals surface area contributed by atoms with Crippen molar-refractivity contribution in [2.75, 3.05) is 5.73 Å². The molecule has 122 valence electrons. The van der Waals surface area contributed by atoms with E-state index in [0.29, 0.717) is 27.1 Å². The molecule has 3 aromatic rings. The van der Waals surface area contributed by atoms with Crippen LogP contribution in [0.15, 0.2) is 58.2 Å². The average Bonchev–Trinajstić information content (AvgIpc) is 3.23. The van der Waals surface area contributed by atoms with Crippen molar-refractivity contribution in [1.29, 1.82) is 0 Å². The number of hydrogen-bond acceptors (Lipinski definition) is 5. The number of furan rings is 1. The number of nitrogens with zero attached hydrogens (tertiary/aromatic N) is 1. The molecule has 2 heterocycles.